The second kappa shape index (κ2) is 7.03. The van der Waals surface area contributed by atoms with Gasteiger partial charge in [-0.15, -0.1) is 10.2 Å². The zero-order valence-electron chi connectivity index (χ0n) is 14.0. The molecule has 5 heteroatoms. The molecule has 0 spiro atoms. The van der Waals surface area contributed by atoms with E-state index in [4.69, 9.17) is 4.42 Å². The molecule has 3 unspecified atom stereocenters. The summed E-state index contributed by atoms with van der Waals surface area (Å²) >= 11 is 0. The normalized spacial score (nSPS) is 28.3. The summed E-state index contributed by atoms with van der Waals surface area (Å²) in [6.07, 6.45) is 6.70. The first-order valence-corrected chi connectivity index (χ1v) is 9.11. The van der Waals surface area contributed by atoms with Gasteiger partial charge in [-0.3, -0.25) is 4.90 Å². The van der Waals surface area contributed by atoms with Gasteiger partial charge in [0.05, 0.1) is 12.6 Å². The first-order chi connectivity index (χ1) is 11.8. The van der Waals surface area contributed by atoms with Crippen LogP contribution >= 0.6 is 0 Å². The van der Waals surface area contributed by atoms with Crippen molar-refractivity contribution < 1.29 is 9.52 Å². The molecule has 2 aromatic rings. The first kappa shape index (κ1) is 15.8. The van der Waals surface area contributed by atoms with Crippen LogP contribution in [0.25, 0.3) is 11.5 Å². The highest BCUT2D eigenvalue weighted by Gasteiger charge is 2.37. The molecule has 4 rings (SSSR count). The van der Waals surface area contributed by atoms with Crippen LogP contribution in [0.3, 0.4) is 0 Å². The van der Waals surface area contributed by atoms with Crippen molar-refractivity contribution in [1.82, 2.24) is 15.1 Å². The lowest BCUT2D eigenvalue weighted by molar-refractivity contribution is 0.0182. The van der Waals surface area contributed by atoms with Crippen molar-refractivity contribution in [2.24, 2.45) is 5.92 Å². The lowest BCUT2D eigenvalue weighted by Gasteiger charge is -2.36. The van der Waals surface area contributed by atoms with Gasteiger partial charge in [-0.05, 0) is 44.4 Å². The minimum atomic E-state index is -0.146. The van der Waals surface area contributed by atoms with E-state index in [1.54, 1.807) is 0 Å². The number of benzene rings is 1. The van der Waals surface area contributed by atoms with Crippen LogP contribution in [0.15, 0.2) is 34.7 Å². The molecular weight excluding hydrogens is 302 g/mol. The van der Waals surface area contributed by atoms with Gasteiger partial charge in [0.2, 0.25) is 11.8 Å². The van der Waals surface area contributed by atoms with Crippen molar-refractivity contribution in [3.63, 3.8) is 0 Å². The van der Waals surface area contributed by atoms with E-state index >= 15 is 0 Å². The van der Waals surface area contributed by atoms with E-state index in [0.717, 1.165) is 31.4 Å². The second-order valence-electron chi connectivity index (χ2n) is 7.06. The summed E-state index contributed by atoms with van der Waals surface area (Å²) in [4.78, 5) is 2.43. The minimum absolute atomic E-state index is 0.146. The average Bonchev–Trinajstić information content (AvgIpc) is 3.26. The smallest absolute Gasteiger partial charge is 0.247 e. The zero-order valence-corrected chi connectivity index (χ0v) is 14.0. The molecular formula is C19H25N3O2. The fraction of sp³-hybridized carbons (Fsp3) is 0.579. The van der Waals surface area contributed by atoms with Gasteiger partial charge in [0.1, 0.15) is 0 Å². The number of aromatic nitrogens is 2. The van der Waals surface area contributed by atoms with Crippen LogP contribution < -0.4 is 0 Å². The summed E-state index contributed by atoms with van der Waals surface area (Å²) in [5, 5.41) is 18.8. The van der Waals surface area contributed by atoms with E-state index in [2.05, 4.69) is 15.1 Å². The fourth-order valence-corrected chi connectivity index (χ4v) is 4.31. The molecule has 1 saturated carbocycles. The summed E-state index contributed by atoms with van der Waals surface area (Å²) < 4.78 is 5.87. The van der Waals surface area contributed by atoms with Crippen LogP contribution in [0.5, 0.6) is 0 Å². The largest absolute Gasteiger partial charge is 0.419 e. The van der Waals surface area contributed by atoms with E-state index in [-0.39, 0.29) is 6.10 Å². The van der Waals surface area contributed by atoms with Gasteiger partial charge in [-0.25, -0.2) is 0 Å². The van der Waals surface area contributed by atoms with Gasteiger partial charge in [-0.1, -0.05) is 31.0 Å². The molecule has 2 fully saturated rings. The highest BCUT2D eigenvalue weighted by Crippen LogP contribution is 2.35. The van der Waals surface area contributed by atoms with E-state index in [1.807, 2.05) is 30.3 Å². The predicted octanol–water partition coefficient (Wildman–Crippen LogP) is 3.25. The Morgan fingerprint density at radius 3 is 2.71 bits per heavy atom. The average molecular weight is 327 g/mol. The summed E-state index contributed by atoms with van der Waals surface area (Å²) in [6.45, 7) is 1.74. The highest BCUT2D eigenvalue weighted by atomic mass is 16.4. The molecule has 24 heavy (non-hydrogen) atoms. The topological polar surface area (TPSA) is 62.4 Å². The maximum Gasteiger partial charge on any atom is 0.247 e. The Bertz CT molecular complexity index is 658. The van der Waals surface area contributed by atoms with Crippen molar-refractivity contribution in [3.05, 3.63) is 36.2 Å². The van der Waals surface area contributed by atoms with E-state index < -0.39 is 0 Å². The van der Waals surface area contributed by atoms with Crippen LogP contribution in [0, 0.1) is 5.92 Å². The number of aliphatic hydroxyl groups excluding tert-OH is 1. The molecule has 128 valence electrons. The van der Waals surface area contributed by atoms with Crippen LogP contribution in [-0.4, -0.2) is 38.9 Å². The van der Waals surface area contributed by atoms with Crippen LogP contribution in [0.4, 0.5) is 0 Å². The lowest BCUT2D eigenvalue weighted by atomic mass is 9.80. The Labute approximate surface area is 142 Å². The third-order valence-corrected chi connectivity index (χ3v) is 5.52. The Morgan fingerprint density at radius 2 is 1.88 bits per heavy atom. The van der Waals surface area contributed by atoms with Crippen LogP contribution in [-0.2, 0) is 6.54 Å². The predicted molar refractivity (Wildman–Crippen MR) is 91.1 cm³/mol. The van der Waals surface area contributed by atoms with Gasteiger partial charge >= 0.3 is 0 Å². The Kier molecular flexibility index (Phi) is 4.63. The Morgan fingerprint density at radius 1 is 1.04 bits per heavy atom. The fourth-order valence-electron chi connectivity index (χ4n) is 4.31. The summed E-state index contributed by atoms with van der Waals surface area (Å²) in [5.74, 6) is 1.66. The zero-order chi connectivity index (χ0) is 16.4. The van der Waals surface area contributed by atoms with Gasteiger partial charge in [0.15, 0.2) is 0 Å². The van der Waals surface area contributed by atoms with E-state index in [0.29, 0.717) is 30.3 Å². The van der Waals surface area contributed by atoms with E-state index in [9.17, 15) is 5.11 Å². The monoisotopic (exact) mass is 327 g/mol. The van der Waals surface area contributed by atoms with Crippen molar-refractivity contribution in [1.29, 1.82) is 0 Å². The number of aliphatic hydroxyl groups is 1. The molecule has 1 saturated heterocycles. The lowest BCUT2D eigenvalue weighted by Crippen LogP contribution is -2.42. The van der Waals surface area contributed by atoms with Gasteiger partial charge in [-0.2, -0.15) is 0 Å². The maximum absolute atomic E-state index is 10.4. The SMILES string of the molecule is OC1CCCCC1C1CCCN1Cc1nnc(-c2ccccc2)o1. The number of hydrogen-bond acceptors (Lipinski definition) is 5. The van der Waals surface area contributed by atoms with Crippen molar-refractivity contribution in [3.8, 4) is 11.5 Å². The molecule has 1 aliphatic heterocycles. The molecule has 2 heterocycles. The van der Waals surface area contributed by atoms with Crippen molar-refractivity contribution >= 4 is 0 Å². The van der Waals surface area contributed by atoms with E-state index in [1.165, 1.54) is 19.3 Å². The summed E-state index contributed by atoms with van der Waals surface area (Å²) in [7, 11) is 0. The third-order valence-electron chi connectivity index (χ3n) is 5.52. The number of nitrogens with zero attached hydrogens (tertiary/aromatic N) is 3. The first-order valence-electron chi connectivity index (χ1n) is 9.11. The molecule has 5 nitrogen and oxygen atoms in total. The summed E-state index contributed by atoms with van der Waals surface area (Å²) in [6, 6.07) is 10.3. The third kappa shape index (κ3) is 3.23. The maximum atomic E-state index is 10.4. The standard InChI is InChI=1S/C19H25N3O2/c23-17-11-5-4-9-15(17)16-10-6-12-22(16)13-18-20-21-19(24-18)14-7-2-1-3-8-14/h1-3,7-8,15-17,23H,4-6,9-13H2. The molecule has 0 bridgehead atoms. The Balaban J connectivity index is 1.45. The second-order valence-corrected chi connectivity index (χ2v) is 7.06. The van der Waals surface area contributed by atoms with Gasteiger partial charge in [0.25, 0.3) is 0 Å². The molecule has 0 amide bonds. The molecule has 3 atom stereocenters. The highest BCUT2D eigenvalue weighted by molar-refractivity contribution is 5.51. The molecule has 1 N–H and O–H groups in total. The molecule has 0 radical (unpaired) electrons. The minimum Gasteiger partial charge on any atom is -0.419 e. The van der Waals surface area contributed by atoms with Crippen LogP contribution in [0.2, 0.25) is 0 Å². The quantitative estimate of drug-likeness (QED) is 0.934. The Hall–Kier alpha value is -1.72. The molecule has 1 aromatic heterocycles. The molecule has 1 aliphatic carbocycles. The van der Waals surface area contributed by atoms with Gasteiger partial charge in [0, 0.05) is 17.5 Å². The van der Waals surface area contributed by atoms with Gasteiger partial charge < -0.3 is 9.52 Å². The number of likely N-dealkylation sites (tertiary alicyclic amines) is 1. The number of hydrogen-bond donors (Lipinski definition) is 1. The summed E-state index contributed by atoms with van der Waals surface area (Å²) in [5.41, 5.74) is 0.955. The van der Waals surface area contributed by atoms with Crippen LogP contribution in [0.1, 0.15) is 44.4 Å². The van der Waals surface area contributed by atoms with Crippen molar-refractivity contribution in [2.75, 3.05) is 6.54 Å². The molecule has 2 aliphatic rings. The van der Waals surface area contributed by atoms with Crippen molar-refractivity contribution in [2.45, 2.75) is 57.2 Å². The molecule has 1 aromatic carbocycles. The number of rotatable bonds is 4.